The van der Waals surface area contributed by atoms with Gasteiger partial charge in [0.2, 0.25) is 0 Å². The zero-order valence-corrected chi connectivity index (χ0v) is 7.93. The van der Waals surface area contributed by atoms with Gasteiger partial charge in [-0.2, -0.15) is 0 Å². The lowest BCUT2D eigenvalue weighted by Crippen LogP contribution is -2.40. The van der Waals surface area contributed by atoms with Crippen LogP contribution in [0.1, 0.15) is 13.3 Å². The molecular formula is C8H13NO5. The maximum Gasteiger partial charge on any atom is 0.410 e. The Labute approximate surface area is 81.4 Å². The zero-order chi connectivity index (χ0) is 10.6. The molecule has 1 amide bonds. The molecule has 6 nitrogen and oxygen atoms in total. The molecule has 0 aromatic heterocycles. The lowest BCUT2D eigenvalue weighted by atomic mass is 10.3. The van der Waals surface area contributed by atoms with Gasteiger partial charge < -0.3 is 14.6 Å². The average molecular weight is 203 g/mol. The quantitative estimate of drug-likeness (QED) is 0.524. The Kier molecular flexibility index (Phi) is 3.70. The molecule has 0 aromatic rings. The van der Waals surface area contributed by atoms with Crippen molar-refractivity contribution in [1.29, 1.82) is 0 Å². The van der Waals surface area contributed by atoms with Crippen LogP contribution in [0, 0.1) is 0 Å². The van der Waals surface area contributed by atoms with Crippen molar-refractivity contribution >= 4 is 12.1 Å². The van der Waals surface area contributed by atoms with Crippen LogP contribution in [0.5, 0.6) is 0 Å². The highest BCUT2D eigenvalue weighted by Crippen LogP contribution is 2.11. The number of esters is 1. The van der Waals surface area contributed by atoms with Crippen LogP contribution < -0.4 is 0 Å². The molecule has 0 aliphatic carbocycles. The highest BCUT2D eigenvalue weighted by atomic mass is 16.6. The molecule has 14 heavy (non-hydrogen) atoms. The summed E-state index contributed by atoms with van der Waals surface area (Å²) < 4.78 is 9.71. The van der Waals surface area contributed by atoms with Gasteiger partial charge in [-0.15, -0.1) is 0 Å². The van der Waals surface area contributed by atoms with E-state index in [4.69, 9.17) is 9.84 Å². The third-order valence-corrected chi connectivity index (χ3v) is 1.86. The molecule has 0 spiro atoms. The number of ether oxygens (including phenoxy) is 2. The Hall–Kier alpha value is -1.30. The molecule has 0 radical (unpaired) electrons. The molecule has 1 heterocycles. The molecule has 1 aliphatic rings. The Morgan fingerprint density at radius 2 is 2.50 bits per heavy atom. The van der Waals surface area contributed by atoms with Crippen LogP contribution in [0.15, 0.2) is 0 Å². The van der Waals surface area contributed by atoms with Gasteiger partial charge in [0.1, 0.15) is 0 Å². The van der Waals surface area contributed by atoms with Gasteiger partial charge in [0.05, 0.1) is 6.61 Å². The molecule has 1 saturated heterocycles. The van der Waals surface area contributed by atoms with Crippen molar-refractivity contribution in [2.75, 3.05) is 19.9 Å². The van der Waals surface area contributed by atoms with Gasteiger partial charge in [-0.1, -0.05) is 6.92 Å². The van der Waals surface area contributed by atoms with E-state index in [-0.39, 0.29) is 13.3 Å². The number of nitrogens with zero attached hydrogens (tertiary/aromatic N) is 1. The lowest BCUT2D eigenvalue weighted by molar-refractivity contribution is -0.140. The number of carbonyl (C=O) groups excluding carboxylic acids is 1. The van der Waals surface area contributed by atoms with Crippen LogP contribution in [0.25, 0.3) is 0 Å². The van der Waals surface area contributed by atoms with Crippen LogP contribution >= 0.6 is 0 Å². The van der Waals surface area contributed by atoms with E-state index in [2.05, 4.69) is 4.74 Å². The lowest BCUT2D eigenvalue weighted by Gasteiger charge is -2.15. The molecular weight excluding hydrogens is 190 g/mol. The van der Waals surface area contributed by atoms with E-state index in [0.29, 0.717) is 6.61 Å². The number of carbonyl (C=O) groups is 2. The van der Waals surface area contributed by atoms with E-state index in [1.54, 1.807) is 0 Å². The summed E-state index contributed by atoms with van der Waals surface area (Å²) in [6.45, 7) is 2.31. The van der Waals surface area contributed by atoms with Gasteiger partial charge in [0, 0.05) is 6.61 Å². The van der Waals surface area contributed by atoms with Crippen molar-refractivity contribution in [2.24, 2.45) is 0 Å². The van der Waals surface area contributed by atoms with Crippen LogP contribution in [0.4, 0.5) is 4.79 Å². The fourth-order valence-corrected chi connectivity index (χ4v) is 1.13. The zero-order valence-electron chi connectivity index (χ0n) is 7.93. The third-order valence-electron chi connectivity index (χ3n) is 1.86. The summed E-state index contributed by atoms with van der Waals surface area (Å²) in [6, 6.07) is -0.806. The van der Waals surface area contributed by atoms with E-state index < -0.39 is 18.1 Å². The van der Waals surface area contributed by atoms with Gasteiger partial charge in [0.25, 0.3) is 0 Å². The fraction of sp³-hybridized carbons (Fsp3) is 0.750. The monoisotopic (exact) mass is 203 g/mol. The second-order valence-electron chi connectivity index (χ2n) is 2.94. The number of hydrogen-bond acceptors (Lipinski definition) is 4. The summed E-state index contributed by atoms with van der Waals surface area (Å²) in [5, 5.41) is 8.70. The van der Waals surface area contributed by atoms with E-state index in [1.165, 1.54) is 0 Å². The summed E-state index contributed by atoms with van der Waals surface area (Å²) >= 11 is 0. The molecule has 1 fully saturated rings. The largest absolute Gasteiger partial charge is 0.465 e. The minimum absolute atomic E-state index is 0.0684. The summed E-state index contributed by atoms with van der Waals surface area (Å²) in [5.41, 5.74) is 0. The van der Waals surface area contributed by atoms with Crippen molar-refractivity contribution < 1.29 is 24.2 Å². The predicted octanol–water partition coefficient (Wildman–Crippen LogP) is 0.276. The van der Waals surface area contributed by atoms with Crippen molar-refractivity contribution in [1.82, 2.24) is 4.90 Å². The number of hydrogen-bond donors (Lipinski definition) is 1. The highest BCUT2D eigenvalue weighted by molar-refractivity contribution is 5.83. The Morgan fingerprint density at radius 1 is 1.79 bits per heavy atom. The SMILES string of the molecule is CCCOC[C@H]1C(=O)OCN1C(=O)O. The van der Waals surface area contributed by atoms with Gasteiger partial charge in [-0.05, 0) is 6.42 Å². The Balaban J connectivity index is 2.45. The van der Waals surface area contributed by atoms with Crippen LogP contribution in [-0.2, 0) is 14.3 Å². The number of amides is 1. The van der Waals surface area contributed by atoms with Gasteiger partial charge >= 0.3 is 12.1 Å². The molecule has 0 aromatic carbocycles. The molecule has 1 atom stereocenters. The van der Waals surface area contributed by atoms with E-state index in [1.807, 2.05) is 6.92 Å². The molecule has 0 saturated carbocycles. The molecule has 0 bridgehead atoms. The second kappa shape index (κ2) is 4.80. The molecule has 80 valence electrons. The molecule has 1 rings (SSSR count). The Morgan fingerprint density at radius 3 is 3.07 bits per heavy atom. The highest BCUT2D eigenvalue weighted by Gasteiger charge is 2.37. The summed E-state index contributed by atoms with van der Waals surface area (Å²) in [7, 11) is 0. The van der Waals surface area contributed by atoms with E-state index in [0.717, 1.165) is 11.3 Å². The third kappa shape index (κ3) is 2.35. The number of cyclic esters (lactones) is 1. The maximum atomic E-state index is 11.1. The number of rotatable bonds is 4. The van der Waals surface area contributed by atoms with Crippen LogP contribution in [-0.4, -0.2) is 48.1 Å². The molecule has 1 N–H and O–H groups in total. The first-order chi connectivity index (χ1) is 6.66. The average Bonchev–Trinajstić information content (AvgIpc) is 2.48. The summed E-state index contributed by atoms with van der Waals surface area (Å²) in [5.74, 6) is -0.538. The van der Waals surface area contributed by atoms with Crippen LogP contribution in [0.2, 0.25) is 0 Å². The van der Waals surface area contributed by atoms with E-state index in [9.17, 15) is 9.59 Å². The van der Waals surface area contributed by atoms with Crippen molar-refractivity contribution in [2.45, 2.75) is 19.4 Å². The van der Waals surface area contributed by atoms with Gasteiger partial charge in [-0.3, -0.25) is 4.90 Å². The predicted molar refractivity (Wildman–Crippen MR) is 45.7 cm³/mol. The molecule has 6 heteroatoms. The van der Waals surface area contributed by atoms with Crippen LogP contribution in [0.3, 0.4) is 0 Å². The summed E-state index contributed by atoms with van der Waals surface area (Å²) in [6.07, 6.45) is -0.338. The van der Waals surface area contributed by atoms with Gasteiger partial charge in [-0.25, -0.2) is 9.59 Å². The second-order valence-corrected chi connectivity index (χ2v) is 2.94. The van der Waals surface area contributed by atoms with Crippen molar-refractivity contribution in [3.8, 4) is 0 Å². The normalized spacial score (nSPS) is 21.1. The minimum Gasteiger partial charge on any atom is -0.465 e. The topological polar surface area (TPSA) is 76.1 Å². The fourth-order valence-electron chi connectivity index (χ4n) is 1.13. The smallest absolute Gasteiger partial charge is 0.410 e. The maximum absolute atomic E-state index is 11.1. The number of carboxylic acid groups (broad SMARTS) is 1. The van der Waals surface area contributed by atoms with Crippen molar-refractivity contribution in [3.05, 3.63) is 0 Å². The van der Waals surface area contributed by atoms with E-state index >= 15 is 0 Å². The Bertz CT molecular complexity index is 230. The molecule has 1 aliphatic heterocycles. The summed E-state index contributed by atoms with van der Waals surface area (Å²) in [4.78, 5) is 22.6. The van der Waals surface area contributed by atoms with Gasteiger partial charge in [0.15, 0.2) is 12.8 Å². The first-order valence-electron chi connectivity index (χ1n) is 4.40. The standard InChI is InChI=1S/C8H13NO5/c1-2-3-13-4-6-7(10)14-5-9(6)8(11)12/h6H,2-5H2,1H3,(H,11,12)/t6-/m0/s1. The first kappa shape index (κ1) is 10.8. The molecule has 0 unspecified atom stereocenters. The minimum atomic E-state index is -1.17. The van der Waals surface area contributed by atoms with Crippen molar-refractivity contribution in [3.63, 3.8) is 0 Å². The first-order valence-corrected chi connectivity index (χ1v) is 4.40.